The highest BCUT2D eigenvalue weighted by Crippen LogP contribution is 2.25. The number of amides is 1. The average molecular weight is 291 g/mol. The molecule has 0 aliphatic heterocycles. The smallest absolute Gasteiger partial charge is 0.254 e. The molecule has 0 heterocycles. The summed E-state index contributed by atoms with van der Waals surface area (Å²) in [5, 5.41) is 9.24. The molecule has 4 nitrogen and oxygen atoms in total. The van der Waals surface area contributed by atoms with Crippen molar-refractivity contribution in [2.75, 3.05) is 19.8 Å². The van der Waals surface area contributed by atoms with E-state index in [2.05, 4.69) is 6.92 Å². The number of nitrogens with zero attached hydrogens (tertiary/aromatic N) is 1. The Morgan fingerprint density at radius 3 is 2.81 bits per heavy atom. The predicted molar refractivity (Wildman–Crippen MR) is 82.6 cm³/mol. The number of rotatable bonds is 7. The highest BCUT2D eigenvalue weighted by molar-refractivity contribution is 5.94. The Bertz CT molecular complexity index is 455. The molecule has 21 heavy (non-hydrogen) atoms. The second kappa shape index (κ2) is 8.03. The van der Waals surface area contributed by atoms with Crippen LogP contribution in [0.4, 0.5) is 0 Å². The molecule has 0 bridgehead atoms. The van der Waals surface area contributed by atoms with Gasteiger partial charge in [0.1, 0.15) is 5.75 Å². The van der Waals surface area contributed by atoms with Crippen molar-refractivity contribution in [2.45, 2.75) is 45.1 Å². The van der Waals surface area contributed by atoms with Gasteiger partial charge in [-0.05, 0) is 37.5 Å². The Morgan fingerprint density at radius 1 is 1.38 bits per heavy atom. The Morgan fingerprint density at radius 2 is 2.14 bits per heavy atom. The molecule has 1 aliphatic carbocycles. The van der Waals surface area contributed by atoms with Crippen molar-refractivity contribution < 1.29 is 14.6 Å². The van der Waals surface area contributed by atoms with Gasteiger partial charge in [0.15, 0.2) is 0 Å². The van der Waals surface area contributed by atoms with Gasteiger partial charge in [0.05, 0.1) is 13.2 Å². The zero-order valence-electron chi connectivity index (χ0n) is 12.8. The van der Waals surface area contributed by atoms with E-state index in [9.17, 15) is 9.90 Å². The second-order valence-corrected chi connectivity index (χ2v) is 5.54. The molecule has 0 radical (unpaired) electrons. The average Bonchev–Trinajstić information content (AvgIpc) is 3.04. The van der Waals surface area contributed by atoms with Gasteiger partial charge in [0.2, 0.25) is 0 Å². The van der Waals surface area contributed by atoms with Crippen LogP contribution in [-0.2, 0) is 0 Å². The van der Waals surface area contributed by atoms with Gasteiger partial charge in [-0.3, -0.25) is 4.79 Å². The van der Waals surface area contributed by atoms with E-state index < -0.39 is 0 Å². The quantitative estimate of drug-likeness (QED) is 0.840. The van der Waals surface area contributed by atoms with Gasteiger partial charge >= 0.3 is 0 Å². The minimum atomic E-state index is -0.00195. The number of aliphatic hydroxyl groups excluding tert-OH is 1. The first-order valence-corrected chi connectivity index (χ1v) is 7.91. The zero-order chi connectivity index (χ0) is 15.1. The van der Waals surface area contributed by atoms with E-state index in [1.54, 1.807) is 6.07 Å². The maximum absolute atomic E-state index is 12.7. The van der Waals surface area contributed by atoms with Crippen LogP contribution in [0.1, 0.15) is 49.4 Å². The van der Waals surface area contributed by atoms with Crippen molar-refractivity contribution in [3.05, 3.63) is 29.8 Å². The molecule has 1 fully saturated rings. The molecule has 1 aromatic carbocycles. The summed E-state index contributed by atoms with van der Waals surface area (Å²) in [6.45, 7) is 3.12. The lowest BCUT2D eigenvalue weighted by atomic mass is 10.1. The minimum absolute atomic E-state index is 0.00195. The number of benzene rings is 1. The molecule has 1 saturated carbocycles. The number of carbonyl (C=O) groups excluding carboxylic acids is 1. The topological polar surface area (TPSA) is 49.8 Å². The molecule has 0 spiro atoms. The molecule has 0 atom stereocenters. The lowest BCUT2D eigenvalue weighted by molar-refractivity contribution is 0.0637. The van der Waals surface area contributed by atoms with Gasteiger partial charge < -0.3 is 14.7 Å². The molecule has 1 N–H and O–H groups in total. The highest BCUT2D eigenvalue weighted by atomic mass is 16.5. The number of aliphatic hydroxyl groups is 1. The summed E-state index contributed by atoms with van der Waals surface area (Å²) in [7, 11) is 0. The fourth-order valence-corrected chi connectivity index (χ4v) is 2.88. The Labute approximate surface area is 126 Å². The lowest BCUT2D eigenvalue weighted by Crippen LogP contribution is -2.40. The van der Waals surface area contributed by atoms with Gasteiger partial charge in [0, 0.05) is 18.2 Å². The molecule has 1 aromatic rings. The van der Waals surface area contributed by atoms with Crippen LogP contribution in [0.3, 0.4) is 0 Å². The third kappa shape index (κ3) is 4.21. The SMILES string of the molecule is CCCOc1cccc(C(=O)N(CCO)C2CCCC2)c1. The first-order chi connectivity index (χ1) is 10.3. The third-order valence-corrected chi connectivity index (χ3v) is 3.92. The first-order valence-electron chi connectivity index (χ1n) is 7.91. The van der Waals surface area contributed by atoms with E-state index >= 15 is 0 Å². The van der Waals surface area contributed by atoms with Crippen molar-refractivity contribution in [2.24, 2.45) is 0 Å². The number of hydrogen-bond donors (Lipinski definition) is 1. The predicted octanol–water partition coefficient (Wildman–Crippen LogP) is 2.85. The van der Waals surface area contributed by atoms with Gasteiger partial charge in [0.25, 0.3) is 5.91 Å². The Kier molecular flexibility index (Phi) is 6.05. The van der Waals surface area contributed by atoms with E-state index in [1.165, 1.54) is 12.8 Å². The summed E-state index contributed by atoms with van der Waals surface area (Å²) in [6, 6.07) is 7.62. The monoisotopic (exact) mass is 291 g/mol. The highest BCUT2D eigenvalue weighted by Gasteiger charge is 2.27. The number of ether oxygens (including phenoxy) is 1. The second-order valence-electron chi connectivity index (χ2n) is 5.54. The summed E-state index contributed by atoms with van der Waals surface area (Å²) in [5.74, 6) is 0.732. The van der Waals surface area contributed by atoms with Crippen LogP contribution in [-0.4, -0.2) is 41.7 Å². The Balaban J connectivity index is 2.11. The molecule has 1 aliphatic rings. The number of hydrogen-bond acceptors (Lipinski definition) is 3. The largest absolute Gasteiger partial charge is 0.494 e. The van der Waals surface area contributed by atoms with Crippen LogP contribution in [0, 0.1) is 0 Å². The molecule has 0 saturated heterocycles. The van der Waals surface area contributed by atoms with Crippen LogP contribution in [0.25, 0.3) is 0 Å². The van der Waals surface area contributed by atoms with E-state index in [4.69, 9.17) is 4.74 Å². The first kappa shape index (κ1) is 15.8. The van der Waals surface area contributed by atoms with Crippen LogP contribution in [0.2, 0.25) is 0 Å². The van der Waals surface area contributed by atoms with E-state index in [0.717, 1.165) is 25.0 Å². The third-order valence-electron chi connectivity index (χ3n) is 3.92. The molecule has 4 heteroatoms. The molecular weight excluding hydrogens is 266 g/mol. The molecule has 116 valence electrons. The van der Waals surface area contributed by atoms with E-state index in [-0.39, 0.29) is 18.6 Å². The van der Waals surface area contributed by atoms with Gasteiger partial charge in [-0.2, -0.15) is 0 Å². The van der Waals surface area contributed by atoms with Crippen LogP contribution >= 0.6 is 0 Å². The van der Waals surface area contributed by atoms with Crippen LogP contribution in [0.5, 0.6) is 5.75 Å². The molecule has 2 rings (SSSR count). The van der Waals surface area contributed by atoms with Crippen molar-refractivity contribution in [1.82, 2.24) is 4.90 Å². The maximum Gasteiger partial charge on any atom is 0.254 e. The fraction of sp³-hybridized carbons (Fsp3) is 0.588. The summed E-state index contributed by atoms with van der Waals surface area (Å²) in [6.07, 6.45) is 5.35. The standard InChI is InChI=1S/C17H25NO3/c1-2-12-21-16-9-5-6-14(13-16)17(20)18(10-11-19)15-7-3-4-8-15/h5-6,9,13,15,19H,2-4,7-8,10-12H2,1H3. The normalized spacial score (nSPS) is 15.1. The Hall–Kier alpha value is -1.55. The van der Waals surface area contributed by atoms with Gasteiger partial charge in [-0.15, -0.1) is 0 Å². The summed E-state index contributed by atoms with van der Waals surface area (Å²) in [4.78, 5) is 14.5. The van der Waals surface area contributed by atoms with E-state index in [0.29, 0.717) is 18.7 Å². The van der Waals surface area contributed by atoms with E-state index in [1.807, 2.05) is 23.1 Å². The van der Waals surface area contributed by atoms with Crippen molar-refractivity contribution in [1.29, 1.82) is 0 Å². The fourth-order valence-electron chi connectivity index (χ4n) is 2.88. The molecular formula is C17H25NO3. The number of carbonyl (C=O) groups is 1. The zero-order valence-corrected chi connectivity index (χ0v) is 12.8. The van der Waals surface area contributed by atoms with Crippen LogP contribution in [0.15, 0.2) is 24.3 Å². The van der Waals surface area contributed by atoms with Gasteiger partial charge in [-0.1, -0.05) is 25.8 Å². The summed E-state index contributed by atoms with van der Waals surface area (Å²) < 4.78 is 5.59. The van der Waals surface area contributed by atoms with Crippen molar-refractivity contribution >= 4 is 5.91 Å². The van der Waals surface area contributed by atoms with Crippen LogP contribution < -0.4 is 4.74 Å². The molecule has 0 unspecified atom stereocenters. The van der Waals surface area contributed by atoms with Crippen molar-refractivity contribution in [3.8, 4) is 5.75 Å². The van der Waals surface area contributed by atoms with Gasteiger partial charge in [-0.25, -0.2) is 0 Å². The molecule has 0 aromatic heterocycles. The summed E-state index contributed by atoms with van der Waals surface area (Å²) in [5.41, 5.74) is 0.643. The lowest BCUT2D eigenvalue weighted by Gasteiger charge is -2.28. The maximum atomic E-state index is 12.7. The van der Waals surface area contributed by atoms with Crippen molar-refractivity contribution in [3.63, 3.8) is 0 Å². The summed E-state index contributed by atoms with van der Waals surface area (Å²) >= 11 is 0. The minimum Gasteiger partial charge on any atom is -0.494 e. The molecule has 1 amide bonds.